The van der Waals surface area contributed by atoms with E-state index in [0.717, 1.165) is 0 Å². The van der Waals surface area contributed by atoms with Crippen LogP contribution in [0.2, 0.25) is 0 Å². The molecule has 0 saturated heterocycles. The van der Waals surface area contributed by atoms with Gasteiger partial charge in [-0.3, -0.25) is 19.7 Å². The molecule has 0 aliphatic rings. The average Bonchev–Trinajstić information content (AvgIpc) is 3.29. The van der Waals surface area contributed by atoms with Gasteiger partial charge in [-0.15, -0.1) is 0 Å². The average molecular weight is 475 g/mol. The largest absolute Gasteiger partial charge is 0.452 e. The molecule has 0 saturated carbocycles. The van der Waals surface area contributed by atoms with E-state index in [0.29, 0.717) is 11.1 Å². The highest BCUT2D eigenvalue weighted by Crippen LogP contribution is 2.27. The normalized spacial score (nSPS) is 11.2. The van der Waals surface area contributed by atoms with Crippen molar-refractivity contribution in [1.29, 1.82) is 0 Å². The Balaban J connectivity index is 1.79. The molecule has 11 nitrogen and oxygen atoms in total. The van der Waals surface area contributed by atoms with Gasteiger partial charge in [-0.1, -0.05) is 42.5 Å². The molecular formula is C24H21N5O6. The van der Waals surface area contributed by atoms with Gasteiger partial charge in [0.25, 0.3) is 11.5 Å². The standard InChI is InChI=1S/C24H21N5O6/c1-28-12-11-26-23(28)21(31)14-18(17-7-9-19(10-8-17)29(33)34)13-20(30)22(27-25)24(32)35-15-16-5-3-2-4-6-16/h2-12,18H,13-15H2,1H3/t18-/m1/s1. The Morgan fingerprint density at radius 3 is 2.37 bits per heavy atom. The molecule has 178 valence electrons. The Bertz CT molecular complexity index is 1290. The number of aromatic nitrogens is 2. The second-order valence-corrected chi connectivity index (χ2v) is 7.67. The van der Waals surface area contributed by atoms with E-state index in [-0.39, 0.29) is 36.7 Å². The van der Waals surface area contributed by atoms with Crippen molar-refractivity contribution in [3.63, 3.8) is 0 Å². The Labute approximate surface area is 199 Å². The molecule has 0 amide bonds. The number of hydrogen-bond acceptors (Lipinski definition) is 7. The molecular weight excluding hydrogens is 454 g/mol. The Morgan fingerprint density at radius 2 is 1.80 bits per heavy atom. The molecule has 0 unspecified atom stereocenters. The number of nitro benzene ring substituents is 1. The maximum Gasteiger partial charge on any atom is 0.441 e. The number of ketones is 2. The van der Waals surface area contributed by atoms with E-state index in [2.05, 4.69) is 9.77 Å². The summed E-state index contributed by atoms with van der Waals surface area (Å²) in [5, 5.41) is 11.0. The molecule has 0 spiro atoms. The van der Waals surface area contributed by atoms with Crippen LogP contribution in [0.5, 0.6) is 0 Å². The lowest BCUT2D eigenvalue weighted by Gasteiger charge is -2.15. The zero-order chi connectivity index (χ0) is 25.4. The van der Waals surface area contributed by atoms with Crippen molar-refractivity contribution < 1.29 is 28.8 Å². The number of non-ortho nitro benzene ring substituents is 1. The SMILES string of the molecule is Cn1ccnc1C(=O)C[C@@H](CC(=O)C(=[N+]=[N-])C(=O)OCc1ccccc1)c1ccc([N+](=O)[O-])cc1. The Morgan fingerprint density at radius 1 is 1.11 bits per heavy atom. The first-order valence-electron chi connectivity index (χ1n) is 10.5. The number of rotatable bonds is 11. The number of ether oxygens (including phenoxy) is 1. The zero-order valence-electron chi connectivity index (χ0n) is 18.7. The fourth-order valence-corrected chi connectivity index (χ4v) is 3.45. The van der Waals surface area contributed by atoms with Crippen LogP contribution in [0, 0.1) is 10.1 Å². The summed E-state index contributed by atoms with van der Waals surface area (Å²) < 4.78 is 6.61. The summed E-state index contributed by atoms with van der Waals surface area (Å²) in [5.74, 6) is -2.93. The van der Waals surface area contributed by atoms with E-state index >= 15 is 0 Å². The minimum atomic E-state index is -1.11. The summed E-state index contributed by atoms with van der Waals surface area (Å²) in [7, 11) is 1.64. The molecule has 1 heterocycles. The van der Waals surface area contributed by atoms with E-state index in [9.17, 15) is 30.0 Å². The van der Waals surface area contributed by atoms with Crippen molar-refractivity contribution in [2.45, 2.75) is 25.4 Å². The van der Waals surface area contributed by atoms with Crippen LogP contribution in [0.3, 0.4) is 0 Å². The van der Waals surface area contributed by atoms with Crippen molar-refractivity contribution in [2.24, 2.45) is 7.05 Å². The lowest BCUT2D eigenvalue weighted by Crippen LogP contribution is -2.29. The molecule has 1 atom stereocenters. The van der Waals surface area contributed by atoms with Crippen LogP contribution in [0.4, 0.5) is 5.69 Å². The van der Waals surface area contributed by atoms with E-state index in [1.54, 1.807) is 43.6 Å². The van der Waals surface area contributed by atoms with Gasteiger partial charge < -0.3 is 14.8 Å². The summed E-state index contributed by atoms with van der Waals surface area (Å²) in [5.41, 5.74) is 9.50. The van der Waals surface area contributed by atoms with Gasteiger partial charge in [0.15, 0.2) is 11.6 Å². The third-order valence-corrected chi connectivity index (χ3v) is 5.28. The number of nitrogens with zero attached hydrogens (tertiary/aromatic N) is 5. The molecule has 0 aliphatic carbocycles. The highest BCUT2D eigenvalue weighted by molar-refractivity contribution is 6.62. The van der Waals surface area contributed by atoms with Gasteiger partial charge >= 0.3 is 11.7 Å². The quantitative estimate of drug-likeness (QED) is 0.0602. The molecule has 2 aromatic carbocycles. The predicted octanol–water partition coefficient (Wildman–Crippen LogP) is 3.06. The van der Waals surface area contributed by atoms with Gasteiger partial charge in [0.1, 0.15) is 6.61 Å². The number of benzene rings is 2. The van der Waals surface area contributed by atoms with Crippen molar-refractivity contribution in [1.82, 2.24) is 9.55 Å². The van der Waals surface area contributed by atoms with Crippen LogP contribution in [0.1, 0.15) is 40.5 Å². The minimum Gasteiger partial charge on any atom is -0.452 e. The van der Waals surface area contributed by atoms with Gasteiger partial charge in [0, 0.05) is 44.4 Å². The summed E-state index contributed by atoms with van der Waals surface area (Å²) in [6.07, 6.45) is 2.50. The van der Waals surface area contributed by atoms with Crippen molar-refractivity contribution in [2.75, 3.05) is 0 Å². The van der Waals surface area contributed by atoms with E-state index in [1.165, 1.54) is 35.0 Å². The van der Waals surface area contributed by atoms with Gasteiger partial charge in [0.05, 0.1) is 4.92 Å². The molecule has 0 N–H and O–H groups in total. The molecule has 1 aromatic heterocycles. The van der Waals surface area contributed by atoms with Crippen LogP contribution >= 0.6 is 0 Å². The topological polar surface area (TPSA) is 158 Å². The lowest BCUT2D eigenvalue weighted by atomic mass is 9.88. The number of imidazole rings is 1. The highest BCUT2D eigenvalue weighted by Gasteiger charge is 2.34. The lowest BCUT2D eigenvalue weighted by molar-refractivity contribution is -0.384. The summed E-state index contributed by atoms with van der Waals surface area (Å²) in [6.45, 7) is -0.130. The van der Waals surface area contributed by atoms with E-state index < -0.39 is 28.3 Å². The monoisotopic (exact) mass is 475 g/mol. The molecule has 0 fully saturated rings. The highest BCUT2D eigenvalue weighted by atomic mass is 16.6. The molecule has 0 bridgehead atoms. The van der Waals surface area contributed by atoms with Crippen LogP contribution in [-0.4, -0.2) is 42.5 Å². The van der Waals surface area contributed by atoms with Gasteiger partial charge in [-0.05, 0) is 17.0 Å². The fourth-order valence-electron chi connectivity index (χ4n) is 3.45. The van der Waals surface area contributed by atoms with E-state index in [4.69, 9.17) is 4.74 Å². The molecule has 3 aromatic rings. The summed E-state index contributed by atoms with van der Waals surface area (Å²) in [4.78, 5) is 55.4. The first-order chi connectivity index (χ1) is 16.8. The van der Waals surface area contributed by atoms with Crippen LogP contribution in [0.15, 0.2) is 67.0 Å². The Kier molecular flexibility index (Phi) is 8.10. The summed E-state index contributed by atoms with van der Waals surface area (Å²) >= 11 is 0. The maximum absolute atomic E-state index is 12.9. The van der Waals surface area contributed by atoms with Crippen molar-refractivity contribution >= 4 is 28.9 Å². The van der Waals surface area contributed by atoms with Gasteiger partial charge in [-0.25, -0.2) is 9.78 Å². The second kappa shape index (κ2) is 11.4. The number of carbonyl (C=O) groups is 3. The van der Waals surface area contributed by atoms with E-state index in [1.807, 2.05) is 0 Å². The molecule has 0 radical (unpaired) electrons. The fraction of sp³-hybridized carbons (Fsp3) is 0.208. The molecule has 3 rings (SSSR count). The molecule has 35 heavy (non-hydrogen) atoms. The van der Waals surface area contributed by atoms with Crippen LogP contribution < -0.4 is 0 Å². The second-order valence-electron chi connectivity index (χ2n) is 7.67. The number of Topliss-reactive ketones (excluding diaryl/α,β-unsaturated/α-hetero) is 2. The van der Waals surface area contributed by atoms with Gasteiger partial charge in [-0.2, -0.15) is 4.79 Å². The zero-order valence-corrected chi connectivity index (χ0v) is 18.7. The van der Waals surface area contributed by atoms with Gasteiger partial charge in [0.2, 0.25) is 0 Å². The van der Waals surface area contributed by atoms with Crippen molar-refractivity contribution in [3.8, 4) is 0 Å². The summed E-state index contributed by atoms with van der Waals surface area (Å²) in [6, 6.07) is 14.1. The minimum absolute atomic E-state index is 0.130. The van der Waals surface area contributed by atoms with Crippen molar-refractivity contribution in [3.05, 3.63) is 99.6 Å². The maximum atomic E-state index is 12.9. The number of carbonyl (C=O) groups excluding carboxylic acids is 3. The first-order valence-corrected chi connectivity index (χ1v) is 10.5. The third-order valence-electron chi connectivity index (χ3n) is 5.28. The van der Waals surface area contributed by atoms with Crippen LogP contribution in [-0.2, 0) is 28.0 Å². The first kappa shape index (κ1) is 24.9. The number of esters is 1. The predicted molar refractivity (Wildman–Crippen MR) is 122 cm³/mol. The third kappa shape index (κ3) is 6.40. The number of aryl methyl sites for hydroxylation is 1. The number of nitro groups is 1. The number of hydrogen-bond donors (Lipinski definition) is 0. The Hall–Kier alpha value is -4.76. The van der Waals surface area contributed by atoms with Crippen LogP contribution in [0.25, 0.3) is 5.53 Å². The molecule has 0 aliphatic heterocycles. The molecule has 11 heteroatoms. The smallest absolute Gasteiger partial charge is 0.441 e.